The first-order valence-corrected chi connectivity index (χ1v) is 6.58. The van der Waals surface area contributed by atoms with Crippen molar-refractivity contribution in [3.63, 3.8) is 0 Å². The molecule has 0 fully saturated rings. The average molecular weight is 272 g/mol. The van der Waals surface area contributed by atoms with E-state index in [0.29, 0.717) is 6.61 Å². The maximum Gasteiger partial charge on any atom is 0.0719 e. The molecule has 2 aromatic rings. The van der Waals surface area contributed by atoms with Gasteiger partial charge in [0.05, 0.1) is 12.3 Å². The maximum absolute atomic E-state index is 6.12. The number of halogens is 1. The van der Waals surface area contributed by atoms with E-state index < -0.39 is 0 Å². The minimum absolute atomic E-state index is 0.571. The molecular formula is C16H14ClNO. The zero-order valence-electron chi connectivity index (χ0n) is 10.7. The van der Waals surface area contributed by atoms with E-state index in [-0.39, 0.29) is 0 Å². The number of hydrogen-bond acceptors (Lipinski definition) is 2. The summed E-state index contributed by atoms with van der Waals surface area (Å²) < 4.78 is 5.32. The summed E-state index contributed by atoms with van der Waals surface area (Å²) in [6.07, 6.45) is 4.81. The lowest BCUT2D eigenvalue weighted by Crippen LogP contribution is -1.98. The van der Waals surface area contributed by atoms with E-state index in [0.717, 1.165) is 33.8 Å². The van der Waals surface area contributed by atoms with Crippen molar-refractivity contribution in [2.24, 2.45) is 0 Å². The van der Waals surface area contributed by atoms with Gasteiger partial charge in [0.25, 0.3) is 0 Å². The molecule has 0 unspecified atom stereocenters. The summed E-state index contributed by atoms with van der Waals surface area (Å²) >= 11 is 6.12. The summed E-state index contributed by atoms with van der Waals surface area (Å²) in [4.78, 5) is 4.48. The Morgan fingerprint density at radius 2 is 2.21 bits per heavy atom. The lowest BCUT2D eigenvalue weighted by Gasteiger charge is -2.10. The molecule has 0 atom stereocenters. The summed E-state index contributed by atoms with van der Waals surface area (Å²) in [7, 11) is 1.71. The average Bonchev–Trinajstić information content (AvgIpc) is 2.56. The number of pyridine rings is 1. The number of ether oxygens (including phenoxy) is 1. The lowest BCUT2D eigenvalue weighted by molar-refractivity contribution is 0.240. The van der Waals surface area contributed by atoms with Crippen LogP contribution in [0, 0.1) is 0 Å². The topological polar surface area (TPSA) is 22.1 Å². The SMILES string of the molecule is COCC1=Cc2cccnc2Cc2ccc(Cl)cc21. The van der Waals surface area contributed by atoms with Gasteiger partial charge in [-0.05, 0) is 46.5 Å². The van der Waals surface area contributed by atoms with Gasteiger partial charge in [0.1, 0.15) is 0 Å². The number of benzene rings is 1. The molecule has 0 radical (unpaired) electrons. The molecule has 0 spiro atoms. The largest absolute Gasteiger partial charge is 0.380 e. The molecule has 1 aliphatic rings. The van der Waals surface area contributed by atoms with Gasteiger partial charge in [0, 0.05) is 24.8 Å². The van der Waals surface area contributed by atoms with Crippen molar-refractivity contribution in [1.29, 1.82) is 0 Å². The Labute approximate surface area is 117 Å². The Kier molecular flexibility index (Phi) is 3.36. The second-order valence-electron chi connectivity index (χ2n) is 4.62. The molecule has 96 valence electrons. The normalized spacial score (nSPS) is 13.3. The fourth-order valence-corrected chi connectivity index (χ4v) is 2.62. The van der Waals surface area contributed by atoms with Crippen LogP contribution in [0.2, 0.25) is 5.02 Å². The summed E-state index contributed by atoms with van der Waals surface area (Å²) in [6, 6.07) is 10.1. The molecule has 0 saturated heterocycles. The Morgan fingerprint density at radius 1 is 1.32 bits per heavy atom. The zero-order valence-corrected chi connectivity index (χ0v) is 11.4. The van der Waals surface area contributed by atoms with E-state index in [4.69, 9.17) is 16.3 Å². The molecule has 3 heteroatoms. The molecule has 0 bridgehead atoms. The van der Waals surface area contributed by atoms with Crippen LogP contribution in [0.5, 0.6) is 0 Å². The molecule has 19 heavy (non-hydrogen) atoms. The van der Waals surface area contributed by atoms with Crippen molar-refractivity contribution in [1.82, 2.24) is 4.98 Å². The summed E-state index contributed by atoms with van der Waals surface area (Å²) in [5.41, 5.74) is 5.79. The maximum atomic E-state index is 6.12. The Bertz CT molecular complexity index is 649. The van der Waals surface area contributed by atoms with E-state index >= 15 is 0 Å². The Hall–Kier alpha value is -1.64. The Balaban J connectivity index is 2.20. The zero-order chi connectivity index (χ0) is 13.2. The third kappa shape index (κ3) is 2.42. The second-order valence-corrected chi connectivity index (χ2v) is 5.06. The highest BCUT2D eigenvalue weighted by molar-refractivity contribution is 6.30. The van der Waals surface area contributed by atoms with Crippen molar-refractivity contribution in [2.45, 2.75) is 6.42 Å². The summed E-state index contributed by atoms with van der Waals surface area (Å²) in [5.74, 6) is 0. The number of hydrogen-bond donors (Lipinski definition) is 0. The van der Waals surface area contributed by atoms with Gasteiger partial charge in [0.2, 0.25) is 0 Å². The van der Waals surface area contributed by atoms with E-state index in [1.807, 2.05) is 24.4 Å². The highest BCUT2D eigenvalue weighted by atomic mass is 35.5. The molecule has 1 aliphatic carbocycles. The smallest absolute Gasteiger partial charge is 0.0719 e. The summed E-state index contributed by atoms with van der Waals surface area (Å²) in [5, 5.41) is 0.750. The molecule has 2 nitrogen and oxygen atoms in total. The van der Waals surface area contributed by atoms with Crippen molar-refractivity contribution in [3.05, 3.63) is 63.9 Å². The first kappa shape index (κ1) is 12.4. The first-order chi connectivity index (χ1) is 9.28. The third-order valence-corrected chi connectivity index (χ3v) is 3.57. The van der Waals surface area contributed by atoms with Gasteiger partial charge >= 0.3 is 0 Å². The quantitative estimate of drug-likeness (QED) is 0.828. The summed E-state index contributed by atoms with van der Waals surface area (Å²) in [6.45, 7) is 0.571. The van der Waals surface area contributed by atoms with Crippen molar-refractivity contribution in [2.75, 3.05) is 13.7 Å². The van der Waals surface area contributed by atoms with Gasteiger partial charge in [-0.2, -0.15) is 0 Å². The van der Waals surface area contributed by atoms with Crippen LogP contribution in [-0.2, 0) is 11.2 Å². The van der Waals surface area contributed by atoms with Crippen molar-refractivity contribution < 1.29 is 4.74 Å². The number of aromatic nitrogens is 1. The first-order valence-electron chi connectivity index (χ1n) is 6.20. The van der Waals surface area contributed by atoms with E-state index in [1.165, 1.54) is 5.56 Å². The van der Waals surface area contributed by atoms with Crippen LogP contribution in [0.3, 0.4) is 0 Å². The minimum Gasteiger partial charge on any atom is -0.380 e. The monoisotopic (exact) mass is 271 g/mol. The van der Waals surface area contributed by atoms with Crippen LogP contribution in [0.4, 0.5) is 0 Å². The van der Waals surface area contributed by atoms with E-state index in [1.54, 1.807) is 7.11 Å². The van der Waals surface area contributed by atoms with E-state index in [2.05, 4.69) is 23.2 Å². The van der Waals surface area contributed by atoms with Crippen LogP contribution in [0.15, 0.2) is 36.5 Å². The molecule has 1 aromatic heterocycles. The van der Waals surface area contributed by atoms with Crippen molar-refractivity contribution >= 4 is 23.3 Å². The van der Waals surface area contributed by atoms with Gasteiger partial charge in [-0.15, -0.1) is 0 Å². The van der Waals surface area contributed by atoms with Gasteiger partial charge in [0.15, 0.2) is 0 Å². The number of methoxy groups -OCH3 is 1. The number of rotatable bonds is 2. The van der Waals surface area contributed by atoms with Crippen LogP contribution in [0.25, 0.3) is 11.6 Å². The van der Waals surface area contributed by atoms with Crippen LogP contribution in [0.1, 0.15) is 22.4 Å². The standard InChI is InChI=1S/C16H14ClNO/c1-19-10-13-7-12-3-2-6-18-16(12)8-11-4-5-14(17)9-15(11)13/h2-7,9H,8,10H2,1H3. The minimum atomic E-state index is 0.571. The third-order valence-electron chi connectivity index (χ3n) is 3.33. The number of fused-ring (bicyclic) bond motifs is 2. The van der Waals surface area contributed by atoms with Gasteiger partial charge in [-0.25, -0.2) is 0 Å². The second kappa shape index (κ2) is 5.16. The highest BCUT2D eigenvalue weighted by Crippen LogP contribution is 2.31. The molecule has 0 amide bonds. The van der Waals surface area contributed by atoms with Crippen LogP contribution in [-0.4, -0.2) is 18.7 Å². The van der Waals surface area contributed by atoms with E-state index in [9.17, 15) is 0 Å². The molecule has 0 N–H and O–H groups in total. The highest BCUT2D eigenvalue weighted by Gasteiger charge is 2.16. The molecule has 1 heterocycles. The fourth-order valence-electron chi connectivity index (χ4n) is 2.45. The van der Waals surface area contributed by atoms with Gasteiger partial charge in [-0.1, -0.05) is 23.7 Å². The van der Waals surface area contributed by atoms with Gasteiger partial charge in [-0.3, -0.25) is 4.98 Å². The Morgan fingerprint density at radius 3 is 3.05 bits per heavy atom. The molecule has 0 aliphatic heterocycles. The van der Waals surface area contributed by atoms with Crippen LogP contribution >= 0.6 is 11.6 Å². The molecule has 0 saturated carbocycles. The molecular weight excluding hydrogens is 258 g/mol. The lowest BCUT2D eigenvalue weighted by atomic mass is 9.99. The molecule has 3 rings (SSSR count). The predicted octanol–water partition coefficient (Wildman–Crippen LogP) is 3.83. The molecule has 1 aromatic carbocycles. The fraction of sp³-hybridized carbons (Fsp3) is 0.188. The van der Waals surface area contributed by atoms with Crippen molar-refractivity contribution in [3.8, 4) is 0 Å². The van der Waals surface area contributed by atoms with Gasteiger partial charge < -0.3 is 4.74 Å². The predicted molar refractivity (Wildman–Crippen MR) is 78.2 cm³/mol. The number of nitrogens with zero attached hydrogens (tertiary/aromatic N) is 1. The van der Waals surface area contributed by atoms with Crippen LogP contribution < -0.4 is 0 Å².